The predicted molar refractivity (Wildman–Crippen MR) is 154 cm³/mol. The number of benzene rings is 2. The molecule has 0 radical (unpaired) electrons. The number of fused-ring (bicyclic) bond motifs is 1. The van der Waals surface area contributed by atoms with Gasteiger partial charge in [0.25, 0.3) is 5.56 Å². The van der Waals surface area contributed by atoms with Crippen LogP contribution in [0.2, 0.25) is 5.02 Å². The number of nitrogen functional groups attached to an aromatic ring is 1. The molecule has 9 nitrogen and oxygen atoms in total. The van der Waals surface area contributed by atoms with Crippen molar-refractivity contribution in [3.05, 3.63) is 82.0 Å². The van der Waals surface area contributed by atoms with Crippen molar-refractivity contribution < 1.29 is 13.9 Å². The normalized spacial score (nSPS) is 15.8. The molecule has 1 atom stereocenters. The number of amides is 1. The molecule has 1 aliphatic heterocycles. The zero-order valence-corrected chi connectivity index (χ0v) is 23.0. The van der Waals surface area contributed by atoms with Crippen molar-refractivity contribution >= 4 is 34.2 Å². The molecule has 2 aromatic heterocycles. The highest BCUT2D eigenvalue weighted by Gasteiger charge is 2.27. The van der Waals surface area contributed by atoms with Crippen LogP contribution >= 0.6 is 11.6 Å². The Kier molecular flexibility index (Phi) is 7.90. The fourth-order valence-corrected chi connectivity index (χ4v) is 5.20. The molecule has 2 aromatic carbocycles. The Balaban J connectivity index is 1.47. The van der Waals surface area contributed by atoms with E-state index in [1.54, 1.807) is 36.4 Å². The highest BCUT2D eigenvalue weighted by Crippen LogP contribution is 2.37. The summed E-state index contributed by atoms with van der Waals surface area (Å²) in [4.78, 5) is 29.7. The van der Waals surface area contributed by atoms with Crippen LogP contribution in [0, 0.1) is 5.82 Å². The molecule has 40 heavy (non-hydrogen) atoms. The molecule has 4 aromatic rings. The average molecular weight is 565 g/mol. The van der Waals surface area contributed by atoms with E-state index in [0.717, 1.165) is 24.0 Å². The number of nitrogens with one attached hydrogen (secondary N) is 1. The van der Waals surface area contributed by atoms with Crippen molar-refractivity contribution in [1.82, 2.24) is 24.6 Å². The van der Waals surface area contributed by atoms with E-state index >= 15 is 0 Å². The van der Waals surface area contributed by atoms with Gasteiger partial charge in [-0.05, 0) is 56.8 Å². The summed E-state index contributed by atoms with van der Waals surface area (Å²) >= 11 is 6.10. The third-order valence-electron chi connectivity index (χ3n) is 6.92. The number of carbonyl (C=O) groups is 1. The summed E-state index contributed by atoms with van der Waals surface area (Å²) in [5, 5.41) is 7.19. The van der Waals surface area contributed by atoms with Crippen LogP contribution < -0.4 is 16.0 Å². The van der Waals surface area contributed by atoms with Gasteiger partial charge < -0.3 is 24.8 Å². The molecule has 1 aliphatic rings. The van der Waals surface area contributed by atoms with Gasteiger partial charge in [-0.3, -0.25) is 9.59 Å². The predicted octanol–water partition coefficient (Wildman–Crippen LogP) is 4.84. The molecule has 0 aliphatic carbocycles. The molecule has 0 bridgehead atoms. The fourth-order valence-electron chi connectivity index (χ4n) is 4.99. The van der Waals surface area contributed by atoms with Gasteiger partial charge in [-0.2, -0.15) is 5.10 Å². The summed E-state index contributed by atoms with van der Waals surface area (Å²) in [5.74, 6) is -0.0828. The van der Waals surface area contributed by atoms with E-state index < -0.39 is 5.82 Å². The Hall–Kier alpha value is -4.15. The van der Waals surface area contributed by atoms with E-state index in [1.165, 1.54) is 12.1 Å². The molecule has 5 rings (SSSR count). The molecule has 208 valence electrons. The lowest BCUT2D eigenvalue weighted by atomic mass is 10.1. The van der Waals surface area contributed by atoms with Crippen LogP contribution in [-0.4, -0.2) is 64.2 Å². The number of aromatic amines is 1. The second kappa shape index (κ2) is 11.5. The molecule has 11 heteroatoms. The SMILES string of the molecule is CN(C)CC=CC(=O)N1CCC[C@@H](n2cc(-c3ccc(Oc4c(F)cccc4Cl)cc3)c3c(N)n[nH]c(=O)c32)C1. The van der Waals surface area contributed by atoms with E-state index in [4.69, 9.17) is 22.1 Å². The number of hydrogen-bond donors (Lipinski definition) is 2. The number of anilines is 1. The Bertz CT molecular complexity index is 1610. The zero-order valence-electron chi connectivity index (χ0n) is 22.2. The molecule has 0 spiro atoms. The van der Waals surface area contributed by atoms with Crippen molar-refractivity contribution in [3.63, 3.8) is 0 Å². The minimum atomic E-state index is -0.564. The molecular weight excluding hydrogens is 535 g/mol. The van der Waals surface area contributed by atoms with Gasteiger partial charge in [0, 0.05) is 37.5 Å². The summed E-state index contributed by atoms with van der Waals surface area (Å²) in [7, 11) is 3.88. The summed E-state index contributed by atoms with van der Waals surface area (Å²) in [6.45, 7) is 1.79. The van der Waals surface area contributed by atoms with E-state index in [1.807, 2.05) is 40.7 Å². The number of halogens is 2. The molecule has 0 saturated carbocycles. The third-order valence-corrected chi connectivity index (χ3v) is 7.22. The molecule has 1 saturated heterocycles. The molecular formula is C29H30ClFN6O3. The second-order valence-electron chi connectivity index (χ2n) is 10.0. The van der Waals surface area contributed by atoms with Gasteiger partial charge in [0.15, 0.2) is 17.4 Å². The van der Waals surface area contributed by atoms with Crippen LogP contribution in [0.25, 0.3) is 22.0 Å². The number of H-pyrrole nitrogens is 1. The Morgan fingerprint density at radius 1 is 1.27 bits per heavy atom. The number of hydrogen-bond acceptors (Lipinski definition) is 6. The first kappa shape index (κ1) is 27.4. The smallest absolute Gasteiger partial charge is 0.288 e. The number of aromatic nitrogens is 3. The number of likely N-dealkylation sites (N-methyl/N-ethyl adjacent to an activating group) is 1. The Morgan fingerprint density at radius 3 is 2.77 bits per heavy atom. The van der Waals surface area contributed by atoms with Gasteiger partial charge in [0.2, 0.25) is 5.91 Å². The van der Waals surface area contributed by atoms with Crippen LogP contribution in [0.5, 0.6) is 11.5 Å². The molecule has 1 amide bonds. The number of nitrogens with two attached hydrogens (primary N) is 1. The van der Waals surface area contributed by atoms with Crippen LogP contribution in [0.15, 0.2) is 65.6 Å². The number of carbonyl (C=O) groups excluding carboxylic acids is 1. The van der Waals surface area contributed by atoms with Crippen LogP contribution in [-0.2, 0) is 4.79 Å². The fraction of sp³-hybridized carbons (Fsp3) is 0.276. The standard InChI is InChI=1S/C29H30ClFN6O3/c1-35(2)14-5-9-24(38)36-15-4-6-19(16-36)37-17-21(25-26(37)29(39)34-33-28(25)32)18-10-12-20(13-11-18)40-27-22(30)7-3-8-23(27)31/h3,5,7-13,17,19H,4,6,14-16H2,1-2H3,(H2,32,33)(H,34,39)/t19-/m1/s1. The average Bonchev–Trinajstić information content (AvgIpc) is 3.35. The van der Waals surface area contributed by atoms with Crippen molar-refractivity contribution in [2.45, 2.75) is 18.9 Å². The van der Waals surface area contributed by atoms with E-state index in [2.05, 4.69) is 10.2 Å². The maximum absolute atomic E-state index is 14.2. The van der Waals surface area contributed by atoms with Crippen molar-refractivity contribution in [2.75, 3.05) is 39.5 Å². The molecule has 3 N–H and O–H groups in total. The maximum atomic E-state index is 14.2. The highest BCUT2D eigenvalue weighted by atomic mass is 35.5. The number of piperidine rings is 1. The van der Waals surface area contributed by atoms with Gasteiger partial charge in [0.05, 0.1) is 16.5 Å². The van der Waals surface area contributed by atoms with Crippen LogP contribution in [0.3, 0.4) is 0 Å². The molecule has 0 unspecified atom stereocenters. The van der Waals surface area contributed by atoms with Crippen molar-refractivity contribution in [1.29, 1.82) is 0 Å². The van der Waals surface area contributed by atoms with Gasteiger partial charge in [-0.1, -0.05) is 35.9 Å². The first-order valence-electron chi connectivity index (χ1n) is 12.9. The highest BCUT2D eigenvalue weighted by molar-refractivity contribution is 6.32. The second-order valence-corrected chi connectivity index (χ2v) is 10.4. The summed E-state index contributed by atoms with van der Waals surface area (Å²) < 4.78 is 21.8. The van der Waals surface area contributed by atoms with Crippen LogP contribution in [0.1, 0.15) is 18.9 Å². The number of rotatable bonds is 7. The van der Waals surface area contributed by atoms with E-state index in [-0.39, 0.29) is 34.1 Å². The summed E-state index contributed by atoms with van der Waals surface area (Å²) in [6.07, 6.45) is 6.94. The minimum Gasteiger partial charge on any atom is -0.453 e. The van der Waals surface area contributed by atoms with E-state index in [0.29, 0.717) is 36.3 Å². The topological polar surface area (TPSA) is 109 Å². The van der Waals surface area contributed by atoms with Crippen LogP contribution in [0.4, 0.5) is 10.2 Å². The molecule has 3 heterocycles. The van der Waals surface area contributed by atoms with Gasteiger partial charge in [-0.25, -0.2) is 9.49 Å². The Morgan fingerprint density at radius 2 is 2.05 bits per heavy atom. The number of ether oxygens (including phenoxy) is 1. The minimum absolute atomic E-state index is 0.0520. The number of para-hydroxylation sites is 1. The third kappa shape index (κ3) is 5.59. The number of likely N-dealkylation sites (tertiary alicyclic amines) is 1. The van der Waals surface area contributed by atoms with Crippen molar-refractivity contribution in [3.8, 4) is 22.6 Å². The number of nitrogens with zero attached hydrogens (tertiary/aromatic N) is 4. The largest absolute Gasteiger partial charge is 0.453 e. The first-order valence-corrected chi connectivity index (χ1v) is 13.3. The molecule has 1 fully saturated rings. The van der Waals surface area contributed by atoms with Gasteiger partial charge >= 0.3 is 0 Å². The lowest BCUT2D eigenvalue weighted by Gasteiger charge is -2.33. The summed E-state index contributed by atoms with van der Waals surface area (Å²) in [5.41, 5.74) is 7.80. The first-order chi connectivity index (χ1) is 19.2. The summed E-state index contributed by atoms with van der Waals surface area (Å²) in [6, 6.07) is 11.2. The van der Waals surface area contributed by atoms with Crippen molar-refractivity contribution in [2.24, 2.45) is 0 Å². The maximum Gasteiger partial charge on any atom is 0.288 e. The monoisotopic (exact) mass is 564 g/mol. The van der Waals surface area contributed by atoms with Gasteiger partial charge in [0.1, 0.15) is 11.3 Å². The van der Waals surface area contributed by atoms with E-state index in [9.17, 15) is 14.0 Å². The zero-order chi connectivity index (χ0) is 28.4. The quantitative estimate of drug-likeness (QED) is 0.311. The lowest BCUT2D eigenvalue weighted by molar-refractivity contribution is -0.127. The van der Waals surface area contributed by atoms with Gasteiger partial charge in [-0.15, -0.1) is 0 Å². The Labute approximate surface area is 235 Å². The lowest BCUT2D eigenvalue weighted by Crippen LogP contribution is -2.40.